The maximum Gasteiger partial charge on any atom is 0.332 e. The molecule has 0 saturated heterocycles. The van der Waals surface area contributed by atoms with Crippen molar-refractivity contribution in [1.82, 2.24) is 4.90 Å². The van der Waals surface area contributed by atoms with Crippen molar-refractivity contribution < 1.29 is 19.4 Å². The highest BCUT2D eigenvalue weighted by Crippen LogP contribution is 2.20. The van der Waals surface area contributed by atoms with Gasteiger partial charge in [-0.3, -0.25) is 4.79 Å². The maximum absolute atomic E-state index is 11.6. The molecule has 1 amide bonds. The summed E-state index contributed by atoms with van der Waals surface area (Å²) in [5, 5.41) is 8.58. The van der Waals surface area contributed by atoms with Gasteiger partial charge in [0, 0.05) is 12.7 Å². The topological polar surface area (TPSA) is 66.8 Å². The molecule has 0 aliphatic heterocycles. The molecular weight excluding hydrogens is 210 g/mol. The molecule has 1 unspecified atom stereocenters. The monoisotopic (exact) mass is 227 g/mol. The Hall–Kier alpha value is -1.36. The van der Waals surface area contributed by atoms with Gasteiger partial charge in [0.25, 0.3) is 5.91 Å². The molecule has 0 heterocycles. The third kappa shape index (κ3) is 3.34. The number of carboxylic acids is 1. The molecule has 1 rings (SSSR count). The van der Waals surface area contributed by atoms with Crippen LogP contribution in [-0.2, 0) is 14.3 Å². The van der Waals surface area contributed by atoms with E-state index in [9.17, 15) is 9.59 Å². The molecule has 16 heavy (non-hydrogen) atoms. The average molecular weight is 227 g/mol. The van der Waals surface area contributed by atoms with E-state index in [-0.39, 0.29) is 12.5 Å². The highest BCUT2D eigenvalue weighted by molar-refractivity contribution is 5.79. The van der Waals surface area contributed by atoms with E-state index in [0.717, 1.165) is 25.0 Å². The summed E-state index contributed by atoms with van der Waals surface area (Å²) < 4.78 is 4.93. The van der Waals surface area contributed by atoms with Gasteiger partial charge in [0.05, 0.1) is 0 Å². The number of hydrogen-bond donors (Lipinski definition) is 1. The van der Waals surface area contributed by atoms with E-state index in [4.69, 9.17) is 9.84 Å². The van der Waals surface area contributed by atoms with E-state index in [0.29, 0.717) is 0 Å². The quantitative estimate of drug-likeness (QED) is 0.761. The summed E-state index contributed by atoms with van der Waals surface area (Å²) in [5.74, 6) is -1.27. The Morgan fingerprint density at radius 1 is 1.62 bits per heavy atom. The van der Waals surface area contributed by atoms with Gasteiger partial charge in [-0.15, -0.1) is 0 Å². The molecular formula is C11H17NO4. The first-order chi connectivity index (χ1) is 7.52. The normalized spacial score (nSPS) is 16.8. The van der Waals surface area contributed by atoms with Gasteiger partial charge in [0.2, 0.25) is 0 Å². The highest BCUT2D eigenvalue weighted by Gasteiger charge is 2.18. The van der Waals surface area contributed by atoms with Crippen LogP contribution in [0.2, 0.25) is 0 Å². The number of rotatable bonds is 5. The number of allylic oxidation sites excluding steroid dienone is 2. The smallest absolute Gasteiger partial charge is 0.332 e. The van der Waals surface area contributed by atoms with Crippen molar-refractivity contribution in [2.45, 2.75) is 32.3 Å². The molecule has 90 valence electrons. The fourth-order valence-corrected chi connectivity index (χ4v) is 1.48. The summed E-state index contributed by atoms with van der Waals surface area (Å²) in [6.07, 6.45) is 4.04. The largest absolute Gasteiger partial charge is 0.479 e. The second kappa shape index (κ2) is 5.65. The van der Waals surface area contributed by atoms with E-state index in [2.05, 4.69) is 0 Å². The number of carbonyl (C=O) groups is 2. The zero-order valence-corrected chi connectivity index (χ0v) is 9.60. The Kier molecular flexibility index (Phi) is 4.49. The van der Waals surface area contributed by atoms with Crippen LogP contribution >= 0.6 is 0 Å². The molecule has 1 atom stereocenters. The second-order valence-corrected chi connectivity index (χ2v) is 3.83. The van der Waals surface area contributed by atoms with E-state index >= 15 is 0 Å². The summed E-state index contributed by atoms with van der Waals surface area (Å²) in [4.78, 5) is 23.6. The molecule has 0 spiro atoms. The van der Waals surface area contributed by atoms with E-state index < -0.39 is 12.1 Å². The third-order valence-electron chi connectivity index (χ3n) is 2.63. The molecule has 0 bridgehead atoms. The van der Waals surface area contributed by atoms with Gasteiger partial charge >= 0.3 is 5.97 Å². The molecule has 5 heteroatoms. The molecule has 1 aliphatic rings. The lowest BCUT2D eigenvalue weighted by atomic mass is 10.3. The first-order valence-electron chi connectivity index (χ1n) is 5.32. The lowest BCUT2D eigenvalue weighted by Crippen LogP contribution is -2.32. The Morgan fingerprint density at radius 2 is 2.31 bits per heavy atom. The zero-order chi connectivity index (χ0) is 12.1. The van der Waals surface area contributed by atoms with Gasteiger partial charge in [-0.2, -0.15) is 0 Å². The number of amides is 1. The SMILES string of the molecule is CC(OCC(=O)N(C)C1=CCCC1)C(=O)O. The van der Waals surface area contributed by atoms with E-state index in [1.54, 1.807) is 11.9 Å². The minimum absolute atomic E-state index is 0.193. The number of hydrogen-bond acceptors (Lipinski definition) is 3. The molecule has 0 aromatic rings. The minimum atomic E-state index is -1.06. The molecule has 0 fully saturated rings. The first-order valence-corrected chi connectivity index (χ1v) is 5.32. The van der Waals surface area contributed by atoms with Gasteiger partial charge < -0.3 is 14.7 Å². The second-order valence-electron chi connectivity index (χ2n) is 3.83. The molecule has 1 aliphatic carbocycles. The zero-order valence-electron chi connectivity index (χ0n) is 9.60. The Bertz CT molecular complexity index is 311. The van der Waals surface area contributed by atoms with Gasteiger partial charge in [-0.25, -0.2) is 4.79 Å². The Balaban J connectivity index is 2.37. The van der Waals surface area contributed by atoms with Crippen LogP contribution in [0.25, 0.3) is 0 Å². The van der Waals surface area contributed by atoms with Crippen LogP contribution in [0.15, 0.2) is 11.8 Å². The van der Waals surface area contributed by atoms with Crippen LogP contribution in [-0.4, -0.2) is 41.6 Å². The molecule has 0 saturated carbocycles. The number of aliphatic carboxylic acids is 1. The van der Waals surface area contributed by atoms with Gasteiger partial charge in [-0.1, -0.05) is 6.08 Å². The van der Waals surface area contributed by atoms with Crippen molar-refractivity contribution in [3.63, 3.8) is 0 Å². The van der Waals surface area contributed by atoms with Crippen molar-refractivity contribution in [1.29, 1.82) is 0 Å². The number of carboxylic acid groups (broad SMARTS) is 1. The number of likely N-dealkylation sites (N-methyl/N-ethyl adjacent to an activating group) is 1. The van der Waals surface area contributed by atoms with Gasteiger partial charge in [0.1, 0.15) is 6.61 Å². The predicted molar refractivity (Wildman–Crippen MR) is 57.8 cm³/mol. The third-order valence-corrected chi connectivity index (χ3v) is 2.63. The highest BCUT2D eigenvalue weighted by atomic mass is 16.5. The number of nitrogens with zero attached hydrogens (tertiary/aromatic N) is 1. The summed E-state index contributed by atoms with van der Waals surface area (Å²) in [6.45, 7) is 1.21. The van der Waals surface area contributed by atoms with Crippen LogP contribution < -0.4 is 0 Å². The number of ether oxygens (including phenoxy) is 1. The van der Waals surface area contributed by atoms with Crippen LogP contribution in [0.3, 0.4) is 0 Å². The lowest BCUT2D eigenvalue weighted by Gasteiger charge is -2.19. The van der Waals surface area contributed by atoms with Gasteiger partial charge in [-0.05, 0) is 26.2 Å². The summed E-state index contributed by atoms with van der Waals surface area (Å²) in [5.41, 5.74) is 0.997. The summed E-state index contributed by atoms with van der Waals surface area (Å²) in [7, 11) is 1.69. The minimum Gasteiger partial charge on any atom is -0.479 e. The molecule has 5 nitrogen and oxygen atoms in total. The van der Waals surface area contributed by atoms with E-state index in [1.807, 2.05) is 6.08 Å². The van der Waals surface area contributed by atoms with Crippen LogP contribution in [0.4, 0.5) is 0 Å². The van der Waals surface area contributed by atoms with Crippen molar-refractivity contribution in [2.24, 2.45) is 0 Å². The fraction of sp³-hybridized carbons (Fsp3) is 0.636. The van der Waals surface area contributed by atoms with Crippen molar-refractivity contribution in [2.75, 3.05) is 13.7 Å². The predicted octanol–water partition coefficient (Wildman–Crippen LogP) is 1.00. The lowest BCUT2D eigenvalue weighted by molar-refractivity contribution is -0.152. The Morgan fingerprint density at radius 3 is 2.81 bits per heavy atom. The Labute approximate surface area is 94.7 Å². The standard InChI is InChI=1S/C11H17NO4/c1-8(11(14)15)16-7-10(13)12(2)9-5-3-4-6-9/h5,8H,3-4,6-7H2,1-2H3,(H,14,15). The van der Waals surface area contributed by atoms with Crippen LogP contribution in [0, 0.1) is 0 Å². The molecule has 0 aromatic heterocycles. The molecule has 0 aromatic carbocycles. The van der Waals surface area contributed by atoms with Gasteiger partial charge in [0.15, 0.2) is 6.10 Å². The summed E-state index contributed by atoms with van der Waals surface area (Å²) in [6, 6.07) is 0. The van der Waals surface area contributed by atoms with Crippen molar-refractivity contribution >= 4 is 11.9 Å². The first kappa shape index (κ1) is 12.7. The fourth-order valence-electron chi connectivity index (χ4n) is 1.48. The number of carbonyl (C=O) groups excluding carboxylic acids is 1. The maximum atomic E-state index is 11.6. The van der Waals surface area contributed by atoms with Crippen LogP contribution in [0.1, 0.15) is 26.2 Å². The summed E-state index contributed by atoms with van der Waals surface area (Å²) >= 11 is 0. The molecule has 1 N–H and O–H groups in total. The van der Waals surface area contributed by atoms with Crippen molar-refractivity contribution in [3.05, 3.63) is 11.8 Å². The molecule has 0 radical (unpaired) electrons. The van der Waals surface area contributed by atoms with Crippen molar-refractivity contribution in [3.8, 4) is 0 Å². The average Bonchev–Trinajstić information content (AvgIpc) is 2.77. The van der Waals surface area contributed by atoms with E-state index in [1.165, 1.54) is 6.92 Å². The van der Waals surface area contributed by atoms with Crippen LogP contribution in [0.5, 0.6) is 0 Å².